The van der Waals surface area contributed by atoms with Crippen molar-refractivity contribution in [2.24, 2.45) is 0 Å². The molecule has 0 saturated carbocycles. The fourth-order valence-electron chi connectivity index (χ4n) is 2.09. The van der Waals surface area contributed by atoms with E-state index >= 15 is 0 Å². The Bertz CT molecular complexity index is 744. The number of benzene rings is 2. The molecular weight excluding hydrogens is 342 g/mol. The zero-order valence-corrected chi connectivity index (χ0v) is 14.9. The number of hydrogen-bond donors (Lipinski definition) is 1. The van der Waals surface area contributed by atoms with E-state index in [9.17, 15) is 9.59 Å². The number of hydrogen-bond acceptors (Lipinski definition) is 4. The van der Waals surface area contributed by atoms with Crippen molar-refractivity contribution < 1.29 is 19.1 Å². The second-order valence-corrected chi connectivity index (χ2v) is 5.78. The van der Waals surface area contributed by atoms with E-state index in [2.05, 4.69) is 5.32 Å². The predicted molar refractivity (Wildman–Crippen MR) is 97.6 cm³/mol. The van der Waals surface area contributed by atoms with E-state index < -0.39 is 0 Å². The Balaban J connectivity index is 1.99. The maximum Gasteiger partial charge on any atom is 0.338 e. The van der Waals surface area contributed by atoms with Crippen LogP contribution in [0.15, 0.2) is 42.5 Å². The lowest BCUT2D eigenvalue weighted by Crippen LogP contribution is -2.12. The van der Waals surface area contributed by atoms with Crippen LogP contribution in [0.4, 0.5) is 5.69 Å². The minimum absolute atomic E-state index is 0.303. The largest absolute Gasteiger partial charge is 0.495 e. The van der Waals surface area contributed by atoms with Crippen molar-refractivity contribution >= 4 is 29.2 Å². The van der Waals surface area contributed by atoms with Crippen LogP contribution in [-0.2, 0) is 4.74 Å². The molecule has 1 amide bonds. The number of halogens is 1. The average molecular weight is 362 g/mol. The molecule has 0 spiro atoms. The van der Waals surface area contributed by atoms with Crippen molar-refractivity contribution in [3.05, 3.63) is 58.6 Å². The van der Waals surface area contributed by atoms with Crippen LogP contribution in [-0.4, -0.2) is 25.6 Å². The number of carbonyl (C=O) groups excluding carboxylic acids is 2. The van der Waals surface area contributed by atoms with Crippen LogP contribution in [0, 0.1) is 0 Å². The van der Waals surface area contributed by atoms with E-state index in [1.807, 2.05) is 6.92 Å². The number of ether oxygens (including phenoxy) is 2. The minimum atomic E-state index is -0.367. The number of methoxy groups -OCH3 is 1. The Labute approximate surface area is 151 Å². The Morgan fingerprint density at radius 1 is 1.08 bits per heavy atom. The number of carbonyl (C=O) groups is 2. The monoisotopic (exact) mass is 361 g/mol. The molecule has 0 aromatic heterocycles. The second-order valence-electron chi connectivity index (χ2n) is 5.37. The fraction of sp³-hybridized carbons (Fsp3) is 0.263. The molecule has 0 saturated heterocycles. The van der Waals surface area contributed by atoms with Gasteiger partial charge in [-0.3, -0.25) is 4.79 Å². The van der Waals surface area contributed by atoms with Gasteiger partial charge in [0.05, 0.1) is 24.3 Å². The van der Waals surface area contributed by atoms with Crippen molar-refractivity contribution in [3.8, 4) is 5.75 Å². The normalized spacial score (nSPS) is 10.2. The van der Waals surface area contributed by atoms with Gasteiger partial charge in [-0.05, 0) is 48.9 Å². The molecule has 0 fully saturated rings. The summed E-state index contributed by atoms with van der Waals surface area (Å²) in [6.45, 7) is 2.44. The first kappa shape index (κ1) is 18.8. The van der Waals surface area contributed by atoms with Gasteiger partial charge in [0.15, 0.2) is 0 Å². The summed E-state index contributed by atoms with van der Waals surface area (Å²) in [7, 11) is 1.51. The molecule has 6 heteroatoms. The summed E-state index contributed by atoms with van der Waals surface area (Å²) in [4.78, 5) is 24.1. The van der Waals surface area contributed by atoms with E-state index in [1.165, 1.54) is 13.2 Å². The highest BCUT2D eigenvalue weighted by Gasteiger charge is 2.11. The molecule has 2 aromatic carbocycles. The number of nitrogens with one attached hydrogen (secondary N) is 1. The lowest BCUT2D eigenvalue weighted by Gasteiger charge is -2.08. The number of amides is 1. The molecule has 0 bridgehead atoms. The van der Waals surface area contributed by atoms with Gasteiger partial charge >= 0.3 is 5.97 Å². The maximum absolute atomic E-state index is 12.3. The smallest absolute Gasteiger partial charge is 0.338 e. The molecule has 0 unspecified atom stereocenters. The fourth-order valence-corrected chi connectivity index (χ4v) is 2.35. The summed E-state index contributed by atoms with van der Waals surface area (Å²) < 4.78 is 10.2. The zero-order chi connectivity index (χ0) is 18.2. The number of rotatable bonds is 7. The van der Waals surface area contributed by atoms with E-state index in [4.69, 9.17) is 21.1 Å². The van der Waals surface area contributed by atoms with Crippen molar-refractivity contribution in [1.82, 2.24) is 0 Å². The summed E-state index contributed by atoms with van der Waals surface area (Å²) in [5.41, 5.74) is 1.43. The summed E-state index contributed by atoms with van der Waals surface area (Å²) >= 11 is 6.03. The van der Waals surface area contributed by atoms with Crippen molar-refractivity contribution in [2.75, 3.05) is 19.0 Å². The molecule has 0 atom stereocenters. The topological polar surface area (TPSA) is 64.6 Å². The molecule has 0 radical (unpaired) electrons. The third-order valence-electron chi connectivity index (χ3n) is 3.52. The Morgan fingerprint density at radius 2 is 1.76 bits per heavy atom. The Kier molecular flexibility index (Phi) is 6.83. The third kappa shape index (κ3) is 5.22. The van der Waals surface area contributed by atoms with Crippen LogP contribution in [0.3, 0.4) is 0 Å². The highest BCUT2D eigenvalue weighted by molar-refractivity contribution is 6.32. The average Bonchev–Trinajstić information content (AvgIpc) is 2.62. The quantitative estimate of drug-likeness (QED) is 0.580. The lowest BCUT2D eigenvalue weighted by molar-refractivity contribution is 0.0499. The highest BCUT2D eigenvalue weighted by Crippen LogP contribution is 2.25. The first-order valence-corrected chi connectivity index (χ1v) is 8.35. The standard InChI is InChI=1S/C19H20ClNO4/c1-3-4-11-25-19(23)13-5-8-15(9-6-13)21-18(22)14-7-10-17(24-2)16(20)12-14/h5-10,12H,3-4,11H2,1-2H3,(H,21,22). The molecular formula is C19H20ClNO4. The Morgan fingerprint density at radius 3 is 2.36 bits per heavy atom. The Hall–Kier alpha value is -2.53. The van der Waals surface area contributed by atoms with Crippen LogP contribution in [0.25, 0.3) is 0 Å². The van der Waals surface area contributed by atoms with Crippen LogP contribution in [0.5, 0.6) is 5.75 Å². The maximum atomic E-state index is 12.3. The molecule has 1 N–H and O–H groups in total. The van der Waals surface area contributed by atoms with Crippen LogP contribution in [0.1, 0.15) is 40.5 Å². The number of esters is 1. The summed E-state index contributed by atoms with van der Waals surface area (Å²) in [5, 5.41) is 3.11. The van der Waals surface area contributed by atoms with E-state index in [0.29, 0.717) is 34.2 Å². The van der Waals surface area contributed by atoms with Gasteiger partial charge < -0.3 is 14.8 Å². The first-order valence-electron chi connectivity index (χ1n) is 7.97. The lowest BCUT2D eigenvalue weighted by atomic mass is 10.1. The van der Waals surface area contributed by atoms with E-state index in [0.717, 1.165) is 12.8 Å². The van der Waals surface area contributed by atoms with E-state index in [-0.39, 0.29) is 11.9 Å². The summed E-state index contributed by atoms with van der Waals surface area (Å²) in [5.74, 6) is -0.166. The molecule has 5 nitrogen and oxygen atoms in total. The van der Waals surface area contributed by atoms with Gasteiger partial charge in [0.1, 0.15) is 5.75 Å². The SMILES string of the molecule is CCCCOC(=O)c1ccc(NC(=O)c2ccc(OC)c(Cl)c2)cc1. The number of unbranched alkanes of at least 4 members (excludes halogenated alkanes) is 1. The zero-order valence-electron chi connectivity index (χ0n) is 14.2. The van der Waals surface area contributed by atoms with Crippen LogP contribution in [0.2, 0.25) is 5.02 Å². The van der Waals surface area contributed by atoms with E-state index in [1.54, 1.807) is 36.4 Å². The highest BCUT2D eigenvalue weighted by atomic mass is 35.5. The van der Waals surface area contributed by atoms with Crippen molar-refractivity contribution in [1.29, 1.82) is 0 Å². The van der Waals surface area contributed by atoms with Gasteiger partial charge in [0, 0.05) is 11.3 Å². The second kappa shape index (κ2) is 9.08. The molecule has 0 aliphatic carbocycles. The molecule has 0 aliphatic heterocycles. The number of anilines is 1. The van der Waals surface area contributed by atoms with Crippen molar-refractivity contribution in [2.45, 2.75) is 19.8 Å². The molecule has 132 valence electrons. The van der Waals surface area contributed by atoms with Gasteiger partial charge in [-0.2, -0.15) is 0 Å². The predicted octanol–water partition coefficient (Wildman–Crippen LogP) is 4.56. The van der Waals surface area contributed by atoms with Gasteiger partial charge in [-0.1, -0.05) is 24.9 Å². The first-order chi connectivity index (χ1) is 12.0. The van der Waals surface area contributed by atoms with Crippen molar-refractivity contribution in [3.63, 3.8) is 0 Å². The third-order valence-corrected chi connectivity index (χ3v) is 3.82. The molecule has 2 aromatic rings. The van der Waals surface area contributed by atoms with Gasteiger partial charge in [0.25, 0.3) is 5.91 Å². The van der Waals surface area contributed by atoms with Gasteiger partial charge in [0.2, 0.25) is 0 Å². The van der Waals surface area contributed by atoms with Crippen LogP contribution >= 0.6 is 11.6 Å². The summed E-state index contributed by atoms with van der Waals surface area (Å²) in [6, 6.07) is 11.3. The van der Waals surface area contributed by atoms with Crippen LogP contribution < -0.4 is 10.1 Å². The summed E-state index contributed by atoms with van der Waals surface area (Å²) in [6.07, 6.45) is 1.80. The van der Waals surface area contributed by atoms with Gasteiger partial charge in [-0.15, -0.1) is 0 Å². The minimum Gasteiger partial charge on any atom is -0.495 e. The van der Waals surface area contributed by atoms with Gasteiger partial charge in [-0.25, -0.2) is 4.79 Å². The molecule has 0 aliphatic rings. The molecule has 0 heterocycles. The molecule has 25 heavy (non-hydrogen) atoms. The molecule has 2 rings (SSSR count).